The Kier molecular flexibility index (Phi) is 3.98. The van der Waals surface area contributed by atoms with Crippen LogP contribution < -0.4 is 10.1 Å². The second-order valence-electron chi connectivity index (χ2n) is 4.44. The molecule has 6 heteroatoms. The number of aromatic hydroxyl groups is 1. The number of carbonyl (C=O) groups is 2. The molecule has 0 bridgehead atoms. The van der Waals surface area contributed by atoms with E-state index in [0.717, 1.165) is 0 Å². The molecule has 0 aliphatic carbocycles. The lowest BCUT2D eigenvalue weighted by atomic mass is 10.0. The van der Waals surface area contributed by atoms with Crippen molar-refractivity contribution in [2.45, 2.75) is 6.92 Å². The van der Waals surface area contributed by atoms with Gasteiger partial charge in [-0.15, -0.1) is 0 Å². The Balaban J connectivity index is 2.48. The number of ether oxygens (including phenoxy) is 2. The molecule has 6 nitrogen and oxygen atoms in total. The van der Waals surface area contributed by atoms with Gasteiger partial charge in [0.05, 0.1) is 25.4 Å². The maximum Gasteiger partial charge on any atom is 0.340 e. The standard InChI is InChI=1S/C15H15NO5/c1-8-13(15(19)21-3)10(14(18)16-8)6-9-4-5-11(17)12(7-9)20-2/h4-7,17H,1-3H3,(H,16,18). The quantitative estimate of drug-likeness (QED) is 0.648. The Morgan fingerprint density at radius 2 is 2.05 bits per heavy atom. The highest BCUT2D eigenvalue weighted by Gasteiger charge is 2.30. The summed E-state index contributed by atoms with van der Waals surface area (Å²) in [4.78, 5) is 23.7. The molecular formula is C15H15NO5. The van der Waals surface area contributed by atoms with Gasteiger partial charge >= 0.3 is 5.97 Å². The van der Waals surface area contributed by atoms with Crippen LogP contribution in [0.4, 0.5) is 0 Å². The van der Waals surface area contributed by atoms with E-state index in [-0.39, 0.29) is 28.6 Å². The van der Waals surface area contributed by atoms with Gasteiger partial charge in [-0.25, -0.2) is 4.79 Å². The molecule has 0 unspecified atom stereocenters. The largest absolute Gasteiger partial charge is 0.504 e. The third-order valence-electron chi connectivity index (χ3n) is 3.09. The zero-order valence-electron chi connectivity index (χ0n) is 11.9. The number of rotatable bonds is 3. The van der Waals surface area contributed by atoms with Crippen LogP contribution in [0.5, 0.6) is 11.5 Å². The fourth-order valence-electron chi connectivity index (χ4n) is 2.07. The minimum absolute atomic E-state index is 0.00422. The summed E-state index contributed by atoms with van der Waals surface area (Å²) in [7, 11) is 2.69. The van der Waals surface area contributed by atoms with Gasteiger partial charge in [-0.1, -0.05) is 6.07 Å². The SMILES string of the molecule is COC(=O)C1=C(C)NC(=O)C1=Cc1ccc(O)c(OC)c1. The molecule has 1 aromatic rings. The lowest BCUT2D eigenvalue weighted by molar-refractivity contribution is -0.136. The van der Waals surface area contributed by atoms with E-state index in [1.54, 1.807) is 25.1 Å². The summed E-state index contributed by atoms with van der Waals surface area (Å²) in [6.07, 6.45) is 1.54. The van der Waals surface area contributed by atoms with Crippen LogP contribution in [-0.4, -0.2) is 31.2 Å². The number of phenolic OH excluding ortho intramolecular Hbond substituents is 1. The van der Waals surface area contributed by atoms with E-state index in [1.807, 2.05) is 0 Å². The Morgan fingerprint density at radius 1 is 1.33 bits per heavy atom. The summed E-state index contributed by atoms with van der Waals surface area (Å²) in [5.41, 5.74) is 1.48. The third-order valence-corrected chi connectivity index (χ3v) is 3.09. The van der Waals surface area contributed by atoms with Crippen molar-refractivity contribution in [1.29, 1.82) is 0 Å². The third kappa shape index (κ3) is 2.74. The van der Waals surface area contributed by atoms with Gasteiger partial charge in [0, 0.05) is 5.70 Å². The van der Waals surface area contributed by atoms with Crippen molar-refractivity contribution in [1.82, 2.24) is 5.32 Å². The molecule has 0 saturated carbocycles. The van der Waals surface area contributed by atoms with E-state index in [4.69, 9.17) is 9.47 Å². The van der Waals surface area contributed by atoms with Crippen molar-refractivity contribution in [3.05, 3.63) is 40.6 Å². The van der Waals surface area contributed by atoms with E-state index in [1.165, 1.54) is 20.3 Å². The summed E-state index contributed by atoms with van der Waals surface area (Å²) in [6, 6.07) is 4.63. The van der Waals surface area contributed by atoms with Gasteiger partial charge in [-0.05, 0) is 30.7 Å². The first kappa shape index (κ1) is 14.6. The van der Waals surface area contributed by atoms with Gasteiger partial charge in [-0.2, -0.15) is 0 Å². The summed E-state index contributed by atoms with van der Waals surface area (Å²) >= 11 is 0. The fraction of sp³-hybridized carbons (Fsp3) is 0.200. The van der Waals surface area contributed by atoms with E-state index >= 15 is 0 Å². The summed E-state index contributed by atoms with van der Waals surface area (Å²) in [5, 5.41) is 12.1. The second-order valence-corrected chi connectivity index (χ2v) is 4.44. The highest BCUT2D eigenvalue weighted by Crippen LogP contribution is 2.29. The summed E-state index contributed by atoms with van der Waals surface area (Å²) in [5.74, 6) is -0.679. The Hall–Kier alpha value is -2.76. The Morgan fingerprint density at radius 3 is 2.67 bits per heavy atom. The molecule has 1 aromatic carbocycles. The van der Waals surface area contributed by atoms with Gasteiger partial charge in [0.2, 0.25) is 0 Å². The molecular weight excluding hydrogens is 274 g/mol. The lowest BCUT2D eigenvalue weighted by Crippen LogP contribution is -2.15. The van der Waals surface area contributed by atoms with Crippen LogP contribution in [0.1, 0.15) is 12.5 Å². The van der Waals surface area contributed by atoms with E-state index < -0.39 is 5.97 Å². The summed E-state index contributed by atoms with van der Waals surface area (Å²) in [6.45, 7) is 1.63. The zero-order chi connectivity index (χ0) is 15.6. The van der Waals surface area contributed by atoms with E-state index in [9.17, 15) is 14.7 Å². The van der Waals surface area contributed by atoms with Crippen molar-refractivity contribution in [3.8, 4) is 11.5 Å². The molecule has 0 saturated heterocycles. The molecule has 0 radical (unpaired) electrons. The van der Waals surface area contributed by atoms with Crippen molar-refractivity contribution in [2.75, 3.05) is 14.2 Å². The number of amides is 1. The molecule has 1 amide bonds. The first-order valence-electron chi connectivity index (χ1n) is 6.17. The molecule has 0 spiro atoms. The first-order chi connectivity index (χ1) is 9.97. The Labute approximate surface area is 121 Å². The van der Waals surface area contributed by atoms with Crippen LogP contribution >= 0.6 is 0 Å². The maximum absolute atomic E-state index is 11.9. The van der Waals surface area contributed by atoms with Crippen molar-refractivity contribution in [3.63, 3.8) is 0 Å². The molecule has 110 valence electrons. The number of carbonyl (C=O) groups excluding carboxylic acids is 2. The minimum Gasteiger partial charge on any atom is -0.504 e. The van der Waals surface area contributed by atoms with Gasteiger partial charge in [0.15, 0.2) is 11.5 Å². The van der Waals surface area contributed by atoms with Gasteiger partial charge < -0.3 is 19.9 Å². The molecule has 1 heterocycles. The summed E-state index contributed by atoms with van der Waals surface area (Å²) < 4.78 is 9.70. The number of benzene rings is 1. The molecule has 0 fully saturated rings. The van der Waals surface area contributed by atoms with Crippen LogP contribution in [0.25, 0.3) is 6.08 Å². The number of phenols is 1. The number of methoxy groups -OCH3 is 2. The number of hydrogen-bond acceptors (Lipinski definition) is 5. The topological polar surface area (TPSA) is 84.9 Å². The predicted molar refractivity (Wildman–Crippen MR) is 75.5 cm³/mol. The average Bonchev–Trinajstić information content (AvgIpc) is 2.74. The molecule has 21 heavy (non-hydrogen) atoms. The highest BCUT2D eigenvalue weighted by molar-refractivity contribution is 6.16. The van der Waals surface area contributed by atoms with Gasteiger partial charge in [-0.3, -0.25) is 4.79 Å². The van der Waals surface area contributed by atoms with Crippen LogP contribution in [0.15, 0.2) is 35.0 Å². The van der Waals surface area contributed by atoms with Gasteiger partial charge in [0.25, 0.3) is 5.91 Å². The minimum atomic E-state index is -0.581. The first-order valence-corrected chi connectivity index (χ1v) is 6.17. The molecule has 1 aliphatic heterocycles. The Bertz CT molecular complexity index is 673. The second kappa shape index (κ2) is 5.70. The van der Waals surface area contributed by atoms with Crippen LogP contribution in [-0.2, 0) is 14.3 Å². The molecule has 0 aromatic heterocycles. The normalized spacial score (nSPS) is 16.1. The average molecular weight is 289 g/mol. The van der Waals surface area contributed by atoms with Crippen molar-refractivity contribution < 1.29 is 24.2 Å². The molecule has 0 atom stereocenters. The molecule has 2 rings (SSSR count). The molecule has 2 N–H and O–H groups in total. The number of hydrogen-bond donors (Lipinski definition) is 2. The number of allylic oxidation sites excluding steroid dienone is 1. The molecule has 1 aliphatic rings. The number of esters is 1. The predicted octanol–water partition coefficient (Wildman–Crippen LogP) is 1.36. The zero-order valence-corrected chi connectivity index (χ0v) is 11.9. The van der Waals surface area contributed by atoms with Crippen molar-refractivity contribution in [2.24, 2.45) is 0 Å². The maximum atomic E-state index is 11.9. The van der Waals surface area contributed by atoms with E-state index in [0.29, 0.717) is 11.3 Å². The fourth-order valence-corrected chi connectivity index (χ4v) is 2.07. The van der Waals surface area contributed by atoms with E-state index in [2.05, 4.69) is 5.32 Å². The van der Waals surface area contributed by atoms with Crippen LogP contribution in [0.2, 0.25) is 0 Å². The monoisotopic (exact) mass is 289 g/mol. The number of nitrogens with one attached hydrogen (secondary N) is 1. The van der Waals surface area contributed by atoms with Crippen LogP contribution in [0.3, 0.4) is 0 Å². The van der Waals surface area contributed by atoms with Crippen molar-refractivity contribution >= 4 is 18.0 Å². The van der Waals surface area contributed by atoms with Gasteiger partial charge in [0.1, 0.15) is 0 Å². The lowest BCUT2D eigenvalue weighted by Gasteiger charge is -2.05. The van der Waals surface area contributed by atoms with Crippen LogP contribution in [0, 0.1) is 0 Å². The smallest absolute Gasteiger partial charge is 0.340 e. The highest BCUT2D eigenvalue weighted by atomic mass is 16.5.